The van der Waals surface area contributed by atoms with E-state index in [4.69, 9.17) is 5.11 Å². The Hall–Kier alpha value is -1.10. The van der Waals surface area contributed by atoms with E-state index >= 15 is 0 Å². The van der Waals surface area contributed by atoms with Gasteiger partial charge >= 0.3 is 5.97 Å². The number of aliphatic carboxylic acids is 1. The molecular formula is C12H22N2O3. The molecule has 1 aliphatic heterocycles. The number of carbonyl (C=O) groups excluding carboxylic acids is 1. The summed E-state index contributed by atoms with van der Waals surface area (Å²) in [6, 6.07) is 0. The van der Waals surface area contributed by atoms with Crippen LogP contribution < -0.4 is 5.32 Å². The van der Waals surface area contributed by atoms with Crippen molar-refractivity contribution >= 4 is 11.9 Å². The van der Waals surface area contributed by atoms with E-state index in [0.717, 1.165) is 32.6 Å². The van der Waals surface area contributed by atoms with Crippen LogP contribution in [0.4, 0.5) is 0 Å². The van der Waals surface area contributed by atoms with Gasteiger partial charge in [0, 0.05) is 32.5 Å². The molecule has 0 saturated carbocycles. The van der Waals surface area contributed by atoms with Crippen molar-refractivity contribution in [1.82, 2.24) is 10.2 Å². The SMILES string of the molecule is CCNCCC(=O)N1CCC(CCC(=O)O)C1. The first-order valence-electron chi connectivity index (χ1n) is 6.33. The van der Waals surface area contributed by atoms with Gasteiger partial charge in [-0.25, -0.2) is 0 Å². The Bertz CT molecular complexity index is 268. The summed E-state index contributed by atoms with van der Waals surface area (Å²) in [6.07, 6.45) is 2.39. The van der Waals surface area contributed by atoms with Crippen molar-refractivity contribution in [3.05, 3.63) is 0 Å². The highest BCUT2D eigenvalue weighted by atomic mass is 16.4. The van der Waals surface area contributed by atoms with Crippen molar-refractivity contribution in [2.45, 2.75) is 32.6 Å². The first kappa shape index (κ1) is 14.0. The number of carboxylic acids is 1. The van der Waals surface area contributed by atoms with Crippen LogP contribution in [0.3, 0.4) is 0 Å². The average Bonchev–Trinajstić information content (AvgIpc) is 2.75. The summed E-state index contributed by atoms with van der Waals surface area (Å²) >= 11 is 0. The van der Waals surface area contributed by atoms with E-state index in [-0.39, 0.29) is 12.3 Å². The van der Waals surface area contributed by atoms with Gasteiger partial charge in [-0.15, -0.1) is 0 Å². The maximum atomic E-state index is 11.8. The average molecular weight is 242 g/mol. The van der Waals surface area contributed by atoms with Crippen molar-refractivity contribution in [2.24, 2.45) is 5.92 Å². The summed E-state index contributed by atoms with van der Waals surface area (Å²) in [5, 5.41) is 11.7. The minimum Gasteiger partial charge on any atom is -0.481 e. The second kappa shape index (κ2) is 7.27. The summed E-state index contributed by atoms with van der Waals surface area (Å²) in [4.78, 5) is 24.1. The molecule has 1 atom stereocenters. The molecule has 0 spiro atoms. The fourth-order valence-electron chi connectivity index (χ4n) is 2.15. The number of carboxylic acid groups (broad SMARTS) is 1. The Labute approximate surface area is 102 Å². The minimum atomic E-state index is -0.748. The lowest BCUT2D eigenvalue weighted by molar-refractivity contribution is -0.137. The van der Waals surface area contributed by atoms with Gasteiger partial charge in [0.2, 0.25) is 5.91 Å². The molecule has 17 heavy (non-hydrogen) atoms. The summed E-state index contributed by atoms with van der Waals surface area (Å²) in [5.41, 5.74) is 0. The molecule has 0 aromatic carbocycles. The van der Waals surface area contributed by atoms with Crippen LogP contribution in [0.5, 0.6) is 0 Å². The molecule has 1 aliphatic rings. The van der Waals surface area contributed by atoms with Gasteiger partial charge in [0.25, 0.3) is 0 Å². The third-order valence-corrected chi connectivity index (χ3v) is 3.17. The monoisotopic (exact) mass is 242 g/mol. The van der Waals surface area contributed by atoms with E-state index in [1.807, 2.05) is 11.8 Å². The highest BCUT2D eigenvalue weighted by Crippen LogP contribution is 2.21. The summed E-state index contributed by atoms with van der Waals surface area (Å²) in [7, 11) is 0. The molecule has 0 aliphatic carbocycles. The zero-order valence-electron chi connectivity index (χ0n) is 10.4. The number of hydrogen-bond acceptors (Lipinski definition) is 3. The Balaban J connectivity index is 2.20. The lowest BCUT2D eigenvalue weighted by Gasteiger charge is -2.16. The lowest BCUT2D eigenvalue weighted by atomic mass is 10.0. The third kappa shape index (κ3) is 5.17. The molecule has 1 amide bonds. The normalized spacial score (nSPS) is 19.6. The van der Waals surface area contributed by atoms with Gasteiger partial charge in [0.1, 0.15) is 0 Å². The van der Waals surface area contributed by atoms with Crippen LogP contribution in [-0.4, -0.2) is 48.1 Å². The highest BCUT2D eigenvalue weighted by molar-refractivity contribution is 5.76. The fraction of sp³-hybridized carbons (Fsp3) is 0.833. The van der Waals surface area contributed by atoms with Crippen molar-refractivity contribution < 1.29 is 14.7 Å². The Morgan fingerprint density at radius 1 is 1.41 bits per heavy atom. The number of rotatable bonds is 7. The fourth-order valence-corrected chi connectivity index (χ4v) is 2.15. The van der Waals surface area contributed by atoms with Crippen molar-refractivity contribution in [3.8, 4) is 0 Å². The molecule has 98 valence electrons. The summed E-state index contributed by atoms with van der Waals surface area (Å²) in [5.74, 6) is -0.195. The molecule has 1 fully saturated rings. The Morgan fingerprint density at radius 3 is 2.82 bits per heavy atom. The molecule has 0 bridgehead atoms. The van der Waals surface area contributed by atoms with Crippen LogP contribution in [0.15, 0.2) is 0 Å². The topological polar surface area (TPSA) is 69.6 Å². The van der Waals surface area contributed by atoms with E-state index in [1.165, 1.54) is 0 Å². The number of nitrogens with zero attached hydrogens (tertiary/aromatic N) is 1. The van der Waals surface area contributed by atoms with Gasteiger partial charge in [0.05, 0.1) is 0 Å². The Kier molecular flexibility index (Phi) is 5.97. The van der Waals surface area contributed by atoms with E-state index in [9.17, 15) is 9.59 Å². The summed E-state index contributed by atoms with van der Waals surface area (Å²) < 4.78 is 0. The van der Waals surface area contributed by atoms with E-state index in [1.54, 1.807) is 0 Å². The van der Waals surface area contributed by atoms with Gasteiger partial charge in [0.15, 0.2) is 0 Å². The zero-order chi connectivity index (χ0) is 12.7. The second-order valence-electron chi connectivity index (χ2n) is 4.53. The molecular weight excluding hydrogens is 220 g/mol. The standard InChI is InChI=1S/C12H22N2O3/c1-2-13-7-5-11(15)14-8-6-10(9-14)3-4-12(16)17/h10,13H,2-9H2,1H3,(H,16,17). The van der Waals surface area contributed by atoms with Gasteiger partial charge in [-0.1, -0.05) is 6.92 Å². The van der Waals surface area contributed by atoms with Gasteiger partial charge in [-0.05, 0) is 25.3 Å². The largest absolute Gasteiger partial charge is 0.481 e. The Morgan fingerprint density at radius 2 is 2.18 bits per heavy atom. The van der Waals surface area contributed by atoms with E-state index in [2.05, 4.69) is 5.32 Å². The van der Waals surface area contributed by atoms with Crippen LogP contribution in [0.2, 0.25) is 0 Å². The van der Waals surface area contributed by atoms with Crippen LogP contribution in [0.1, 0.15) is 32.6 Å². The van der Waals surface area contributed by atoms with Crippen molar-refractivity contribution in [1.29, 1.82) is 0 Å². The molecule has 5 heteroatoms. The van der Waals surface area contributed by atoms with Crippen molar-refractivity contribution in [3.63, 3.8) is 0 Å². The van der Waals surface area contributed by atoms with Crippen LogP contribution in [0.25, 0.3) is 0 Å². The molecule has 0 radical (unpaired) electrons. The van der Waals surface area contributed by atoms with Crippen LogP contribution >= 0.6 is 0 Å². The number of likely N-dealkylation sites (tertiary alicyclic amines) is 1. The minimum absolute atomic E-state index is 0.184. The third-order valence-electron chi connectivity index (χ3n) is 3.17. The van der Waals surface area contributed by atoms with Gasteiger partial charge < -0.3 is 15.3 Å². The smallest absolute Gasteiger partial charge is 0.303 e. The van der Waals surface area contributed by atoms with E-state index in [0.29, 0.717) is 18.8 Å². The number of amides is 1. The zero-order valence-corrected chi connectivity index (χ0v) is 10.4. The molecule has 1 saturated heterocycles. The van der Waals surface area contributed by atoms with Crippen LogP contribution in [-0.2, 0) is 9.59 Å². The second-order valence-corrected chi connectivity index (χ2v) is 4.53. The number of hydrogen-bond donors (Lipinski definition) is 2. The number of nitrogens with one attached hydrogen (secondary N) is 1. The van der Waals surface area contributed by atoms with Gasteiger partial charge in [-0.2, -0.15) is 0 Å². The molecule has 5 nitrogen and oxygen atoms in total. The first-order valence-corrected chi connectivity index (χ1v) is 6.33. The molecule has 1 rings (SSSR count). The molecule has 0 aromatic rings. The first-order chi connectivity index (χ1) is 8.13. The summed E-state index contributed by atoms with van der Waals surface area (Å²) in [6.45, 7) is 5.15. The van der Waals surface area contributed by atoms with E-state index < -0.39 is 5.97 Å². The van der Waals surface area contributed by atoms with Crippen molar-refractivity contribution in [2.75, 3.05) is 26.2 Å². The highest BCUT2D eigenvalue weighted by Gasteiger charge is 2.25. The molecule has 1 heterocycles. The maximum Gasteiger partial charge on any atom is 0.303 e. The van der Waals surface area contributed by atoms with Gasteiger partial charge in [-0.3, -0.25) is 9.59 Å². The van der Waals surface area contributed by atoms with Crippen LogP contribution in [0, 0.1) is 5.92 Å². The molecule has 0 aromatic heterocycles. The molecule has 1 unspecified atom stereocenters. The maximum absolute atomic E-state index is 11.8. The molecule has 2 N–H and O–H groups in total. The number of carbonyl (C=O) groups is 2. The predicted molar refractivity (Wildman–Crippen MR) is 64.7 cm³/mol. The lowest BCUT2D eigenvalue weighted by Crippen LogP contribution is -2.31. The quantitative estimate of drug-likeness (QED) is 0.645. The predicted octanol–water partition coefficient (Wildman–Crippen LogP) is 0.699.